The lowest BCUT2D eigenvalue weighted by molar-refractivity contribution is 0.0394. The van der Waals surface area contributed by atoms with Gasteiger partial charge in [-0.15, -0.1) is 0 Å². The van der Waals surface area contributed by atoms with Gasteiger partial charge < -0.3 is 9.74 Å². The molecule has 0 spiro atoms. The summed E-state index contributed by atoms with van der Waals surface area (Å²) in [7, 11) is 0. The van der Waals surface area contributed by atoms with E-state index < -0.39 is 12.0 Å². The van der Waals surface area contributed by atoms with Crippen LogP contribution in [0.3, 0.4) is 0 Å². The summed E-state index contributed by atoms with van der Waals surface area (Å²) in [6.07, 6.45) is 2.62. The van der Waals surface area contributed by atoms with Gasteiger partial charge in [-0.25, -0.2) is 4.79 Å². The summed E-state index contributed by atoms with van der Waals surface area (Å²) in [5.74, 6) is -0.411. The van der Waals surface area contributed by atoms with Crippen molar-refractivity contribution in [1.29, 1.82) is 0 Å². The van der Waals surface area contributed by atoms with Crippen molar-refractivity contribution in [2.75, 3.05) is 13.1 Å². The molecule has 0 aliphatic carbocycles. The molecule has 5 nitrogen and oxygen atoms in total. The molecule has 0 atom stereocenters. The van der Waals surface area contributed by atoms with E-state index in [4.69, 9.17) is 4.84 Å². The van der Waals surface area contributed by atoms with Crippen LogP contribution in [0.5, 0.6) is 0 Å². The van der Waals surface area contributed by atoms with Gasteiger partial charge in [-0.05, 0) is 42.4 Å². The van der Waals surface area contributed by atoms with E-state index in [-0.39, 0.29) is 5.41 Å². The molecule has 0 radical (unpaired) electrons. The average Bonchev–Trinajstić information content (AvgIpc) is 2.52. The third-order valence-electron chi connectivity index (χ3n) is 3.86. The second-order valence-electron chi connectivity index (χ2n) is 6.67. The van der Waals surface area contributed by atoms with Crippen molar-refractivity contribution in [3.8, 4) is 0 Å². The van der Waals surface area contributed by atoms with Crippen LogP contribution in [0, 0.1) is 0 Å². The van der Waals surface area contributed by atoms with Gasteiger partial charge in [0.1, 0.15) is 0 Å². The van der Waals surface area contributed by atoms with Crippen LogP contribution in [0.15, 0.2) is 24.3 Å². The topological polar surface area (TPSA) is 58.6 Å². The average molecular weight is 304 g/mol. The van der Waals surface area contributed by atoms with E-state index in [1.54, 1.807) is 17.0 Å². The Morgan fingerprint density at radius 3 is 2.18 bits per heavy atom. The first-order chi connectivity index (χ1) is 10.4. The molecule has 2 amide bonds. The quantitative estimate of drug-likeness (QED) is 0.810. The number of benzene rings is 1. The first-order valence-electron chi connectivity index (χ1n) is 7.74. The molecular weight excluding hydrogens is 280 g/mol. The third kappa shape index (κ3) is 4.23. The molecule has 0 unspecified atom stereocenters. The standard InChI is InChI=1S/C17H24N2O3/c1-17(2,3)14-9-7-13(8-10-14)15(20)18-22-16(21)19-11-5-4-6-12-19/h7-10H,4-6,11-12H2,1-3H3,(H,18,20). The Morgan fingerprint density at radius 2 is 1.64 bits per heavy atom. The lowest BCUT2D eigenvalue weighted by Gasteiger charge is -2.25. The number of carbonyl (C=O) groups excluding carboxylic acids is 2. The second-order valence-corrected chi connectivity index (χ2v) is 6.67. The van der Waals surface area contributed by atoms with E-state index >= 15 is 0 Å². The predicted molar refractivity (Wildman–Crippen MR) is 84.5 cm³/mol. The first kappa shape index (κ1) is 16.3. The lowest BCUT2D eigenvalue weighted by Crippen LogP contribution is -2.40. The van der Waals surface area contributed by atoms with Crippen LogP contribution in [-0.4, -0.2) is 30.0 Å². The SMILES string of the molecule is CC(C)(C)c1ccc(C(=O)NOC(=O)N2CCCCC2)cc1. The van der Waals surface area contributed by atoms with Crippen LogP contribution in [0.25, 0.3) is 0 Å². The maximum atomic E-state index is 12.0. The zero-order valence-corrected chi connectivity index (χ0v) is 13.5. The smallest absolute Gasteiger partial charge is 0.321 e. The number of nitrogens with one attached hydrogen (secondary N) is 1. The van der Waals surface area contributed by atoms with Gasteiger partial charge >= 0.3 is 6.09 Å². The van der Waals surface area contributed by atoms with Crippen LogP contribution in [0.4, 0.5) is 4.79 Å². The van der Waals surface area contributed by atoms with Crippen LogP contribution in [-0.2, 0) is 10.3 Å². The molecule has 1 heterocycles. The number of hydrogen-bond acceptors (Lipinski definition) is 3. The molecule has 0 aromatic heterocycles. The number of likely N-dealkylation sites (tertiary alicyclic amines) is 1. The monoisotopic (exact) mass is 304 g/mol. The van der Waals surface area contributed by atoms with E-state index in [0.29, 0.717) is 18.7 Å². The summed E-state index contributed by atoms with van der Waals surface area (Å²) in [5.41, 5.74) is 3.88. The minimum atomic E-state index is -0.487. The summed E-state index contributed by atoms with van der Waals surface area (Å²) < 4.78 is 0. The molecule has 1 aromatic carbocycles. The highest BCUT2D eigenvalue weighted by molar-refractivity contribution is 5.94. The van der Waals surface area contributed by atoms with Gasteiger partial charge in [0.05, 0.1) is 0 Å². The molecule has 2 rings (SSSR count). The molecule has 120 valence electrons. The van der Waals surface area contributed by atoms with Crippen LogP contribution in [0.2, 0.25) is 0 Å². The van der Waals surface area contributed by atoms with Gasteiger partial charge in [-0.2, -0.15) is 5.48 Å². The van der Waals surface area contributed by atoms with Crippen molar-refractivity contribution in [3.63, 3.8) is 0 Å². The minimum absolute atomic E-state index is 0.0374. The zero-order chi connectivity index (χ0) is 16.2. The van der Waals surface area contributed by atoms with Crippen molar-refractivity contribution in [1.82, 2.24) is 10.4 Å². The van der Waals surface area contributed by atoms with E-state index in [1.165, 1.54) is 0 Å². The fourth-order valence-corrected chi connectivity index (χ4v) is 2.41. The molecular formula is C17H24N2O3. The predicted octanol–water partition coefficient (Wildman–Crippen LogP) is 3.25. The van der Waals surface area contributed by atoms with Gasteiger partial charge in [0.25, 0.3) is 5.91 Å². The maximum absolute atomic E-state index is 12.0. The van der Waals surface area contributed by atoms with Gasteiger partial charge in [-0.3, -0.25) is 4.79 Å². The molecule has 1 aliphatic heterocycles. The number of piperidine rings is 1. The van der Waals surface area contributed by atoms with Gasteiger partial charge in [0.15, 0.2) is 0 Å². The summed E-state index contributed by atoms with van der Waals surface area (Å²) in [4.78, 5) is 30.3. The molecule has 5 heteroatoms. The lowest BCUT2D eigenvalue weighted by atomic mass is 9.87. The highest BCUT2D eigenvalue weighted by Gasteiger charge is 2.19. The number of carbonyl (C=O) groups is 2. The number of hydrogen-bond donors (Lipinski definition) is 1. The Bertz CT molecular complexity index is 526. The molecule has 1 saturated heterocycles. The van der Waals surface area contributed by atoms with Crippen LogP contribution >= 0.6 is 0 Å². The molecule has 1 fully saturated rings. The fourth-order valence-electron chi connectivity index (χ4n) is 2.41. The van der Waals surface area contributed by atoms with E-state index in [0.717, 1.165) is 24.8 Å². The Labute approximate surface area is 131 Å². The first-order valence-corrected chi connectivity index (χ1v) is 7.74. The van der Waals surface area contributed by atoms with Gasteiger partial charge in [-0.1, -0.05) is 32.9 Å². The van der Waals surface area contributed by atoms with Crippen LogP contribution in [0.1, 0.15) is 56.0 Å². The van der Waals surface area contributed by atoms with Crippen molar-refractivity contribution in [2.24, 2.45) is 0 Å². The largest absolute Gasteiger partial charge is 0.434 e. The number of rotatable bonds is 1. The minimum Gasteiger partial charge on any atom is -0.321 e. The molecule has 1 aliphatic rings. The Kier molecular flexibility index (Phi) is 5.06. The highest BCUT2D eigenvalue weighted by Crippen LogP contribution is 2.22. The van der Waals surface area contributed by atoms with E-state index in [1.807, 2.05) is 12.1 Å². The summed E-state index contributed by atoms with van der Waals surface area (Å²) in [6.45, 7) is 7.72. The zero-order valence-electron chi connectivity index (χ0n) is 13.5. The van der Waals surface area contributed by atoms with E-state index in [2.05, 4.69) is 26.3 Å². The normalized spacial score (nSPS) is 15.3. The van der Waals surface area contributed by atoms with Gasteiger partial charge in [0.2, 0.25) is 0 Å². The van der Waals surface area contributed by atoms with Crippen molar-refractivity contribution in [2.45, 2.75) is 45.4 Å². The Balaban J connectivity index is 1.88. The summed E-state index contributed by atoms with van der Waals surface area (Å²) in [6, 6.07) is 7.32. The molecule has 0 saturated carbocycles. The highest BCUT2D eigenvalue weighted by atomic mass is 16.7. The van der Waals surface area contributed by atoms with E-state index in [9.17, 15) is 9.59 Å². The molecule has 1 aromatic rings. The fraction of sp³-hybridized carbons (Fsp3) is 0.529. The second kappa shape index (κ2) is 6.81. The summed E-state index contributed by atoms with van der Waals surface area (Å²) >= 11 is 0. The maximum Gasteiger partial charge on any atom is 0.434 e. The third-order valence-corrected chi connectivity index (χ3v) is 3.86. The molecule has 0 bridgehead atoms. The van der Waals surface area contributed by atoms with Crippen molar-refractivity contribution >= 4 is 12.0 Å². The van der Waals surface area contributed by atoms with Crippen molar-refractivity contribution < 1.29 is 14.4 Å². The van der Waals surface area contributed by atoms with Gasteiger partial charge in [0, 0.05) is 18.7 Å². The molecule has 22 heavy (non-hydrogen) atoms. The summed E-state index contributed by atoms with van der Waals surface area (Å²) in [5, 5.41) is 0. The van der Waals surface area contributed by atoms with Crippen molar-refractivity contribution in [3.05, 3.63) is 35.4 Å². The molecule has 1 N–H and O–H groups in total. The Hall–Kier alpha value is -2.04. The number of hydroxylamine groups is 1. The Morgan fingerprint density at radius 1 is 1.05 bits per heavy atom. The number of amides is 2. The van der Waals surface area contributed by atoms with Crippen LogP contribution < -0.4 is 5.48 Å². The number of nitrogens with zero attached hydrogens (tertiary/aromatic N) is 1.